The highest BCUT2D eigenvalue weighted by atomic mass is 16.1. The topological polar surface area (TPSA) is 83.1 Å². The van der Waals surface area contributed by atoms with Crippen LogP contribution in [0.1, 0.15) is 47.1 Å². The van der Waals surface area contributed by atoms with E-state index in [1.54, 1.807) is 10.5 Å². The first kappa shape index (κ1) is 16.7. The van der Waals surface area contributed by atoms with Crippen molar-refractivity contribution in [3.63, 3.8) is 0 Å². The van der Waals surface area contributed by atoms with E-state index in [0.717, 1.165) is 30.5 Å². The first-order chi connectivity index (χ1) is 12.1. The number of fused-ring (bicyclic) bond motifs is 1. The number of hydrogen-bond donors (Lipinski definition) is 1. The molecule has 0 spiro atoms. The molecule has 0 saturated carbocycles. The van der Waals surface area contributed by atoms with Gasteiger partial charge in [0.2, 0.25) is 0 Å². The smallest absolute Gasteiger partial charge is 0.257 e. The van der Waals surface area contributed by atoms with Gasteiger partial charge in [-0.15, -0.1) is 0 Å². The quantitative estimate of drug-likeness (QED) is 0.774. The van der Waals surface area contributed by atoms with Crippen molar-refractivity contribution >= 4 is 17.4 Å². The van der Waals surface area contributed by atoms with Gasteiger partial charge in [-0.05, 0) is 31.4 Å². The van der Waals surface area contributed by atoms with Gasteiger partial charge in [-0.3, -0.25) is 9.20 Å². The van der Waals surface area contributed by atoms with E-state index in [1.165, 1.54) is 6.33 Å². The maximum atomic E-state index is 12.7. The van der Waals surface area contributed by atoms with E-state index in [-0.39, 0.29) is 11.6 Å². The molecule has 2 heterocycles. The SMILES string of the molecule is CCCCc1cc(NC(=O)c2ccccc2C)n2cnc(C#N)c2n1. The Balaban J connectivity index is 2.02. The number of carbonyl (C=O) groups is 1. The fourth-order valence-corrected chi connectivity index (χ4v) is 2.69. The Labute approximate surface area is 146 Å². The van der Waals surface area contributed by atoms with Gasteiger partial charge in [0, 0.05) is 17.3 Å². The Kier molecular flexibility index (Phi) is 4.75. The molecule has 6 heteroatoms. The second-order valence-electron chi connectivity index (χ2n) is 5.90. The van der Waals surface area contributed by atoms with Crippen LogP contribution < -0.4 is 5.32 Å². The summed E-state index contributed by atoms with van der Waals surface area (Å²) in [5.74, 6) is 0.373. The van der Waals surface area contributed by atoms with Crippen molar-refractivity contribution in [3.8, 4) is 6.07 Å². The molecule has 0 aliphatic heterocycles. The molecule has 6 nitrogen and oxygen atoms in total. The van der Waals surface area contributed by atoms with Crippen molar-refractivity contribution in [3.05, 3.63) is 59.2 Å². The van der Waals surface area contributed by atoms with Crippen LogP contribution in [0, 0.1) is 18.3 Å². The predicted octanol–water partition coefficient (Wildman–Crippen LogP) is 3.50. The molecule has 3 rings (SSSR count). The number of hydrogen-bond acceptors (Lipinski definition) is 4. The summed E-state index contributed by atoms with van der Waals surface area (Å²) in [5.41, 5.74) is 3.08. The summed E-state index contributed by atoms with van der Waals surface area (Å²) in [6.45, 7) is 4.01. The van der Waals surface area contributed by atoms with Crippen LogP contribution in [0.25, 0.3) is 5.65 Å². The molecule has 1 amide bonds. The van der Waals surface area contributed by atoms with Crippen molar-refractivity contribution < 1.29 is 4.79 Å². The van der Waals surface area contributed by atoms with Gasteiger partial charge in [0.05, 0.1) is 0 Å². The summed E-state index contributed by atoms with van der Waals surface area (Å²) >= 11 is 0. The van der Waals surface area contributed by atoms with Crippen molar-refractivity contribution in [1.82, 2.24) is 14.4 Å². The summed E-state index contributed by atoms with van der Waals surface area (Å²) in [6.07, 6.45) is 4.33. The molecular weight excluding hydrogens is 314 g/mol. The molecule has 0 aliphatic rings. The number of benzene rings is 1. The first-order valence-corrected chi connectivity index (χ1v) is 8.28. The number of anilines is 1. The Morgan fingerprint density at radius 2 is 2.16 bits per heavy atom. The molecule has 126 valence electrons. The molecule has 1 N–H and O–H groups in total. The summed E-state index contributed by atoms with van der Waals surface area (Å²) in [7, 11) is 0. The van der Waals surface area contributed by atoms with E-state index < -0.39 is 0 Å². The van der Waals surface area contributed by atoms with Gasteiger partial charge in [-0.1, -0.05) is 31.5 Å². The number of aromatic nitrogens is 3. The van der Waals surface area contributed by atoms with Crippen LogP contribution in [-0.2, 0) is 6.42 Å². The van der Waals surface area contributed by atoms with Crippen LogP contribution in [0.2, 0.25) is 0 Å². The van der Waals surface area contributed by atoms with Gasteiger partial charge in [0.25, 0.3) is 5.91 Å². The van der Waals surface area contributed by atoms with E-state index in [4.69, 9.17) is 0 Å². The number of nitrogens with one attached hydrogen (secondary N) is 1. The van der Waals surface area contributed by atoms with Gasteiger partial charge in [0.1, 0.15) is 18.2 Å². The van der Waals surface area contributed by atoms with Gasteiger partial charge >= 0.3 is 0 Å². The lowest BCUT2D eigenvalue weighted by Gasteiger charge is -2.11. The van der Waals surface area contributed by atoms with Crippen LogP contribution in [0.4, 0.5) is 5.82 Å². The lowest BCUT2D eigenvalue weighted by molar-refractivity contribution is 0.102. The molecule has 0 radical (unpaired) electrons. The maximum Gasteiger partial charge on any atom is 0.257 e. The van der Waals surface area contributed by atoms with Gasteiger partial charge in [-0.25, -0.2) is 9.97 Å². The summed E-state index contributed by atoms with van der Waals surface area (Å²) in [5, 5.41) is 12.2. The van der Waals surface area contributed by atoms with Gasteiger partial charge < -0.3 is 5.32 Å². The molecule has 0 bridgehead atoms. The van der Waals surface area contributed by atoms with E-state index in [2.05, 4.69) is 22.2 Å². The lowest BCUT2D eigenvalue weighted by Crippen LogP contribution is -2.16. The zero-order chi connectivity index (χ0) is 17.8. The monoisotopic (exact) mass is 333 g/mol. The van der Waals surface area contributed by atoms with Gasteiger partial charge in [-0.2, -0.15) is 5.26 Å². The molecule has 0 saturated heterocycles. The standard InChI is InChI=1S/C19H19N5O/c1-3-4-8-14-10-17(24-12-21-16(11-20)18(24)22-14)23-19(25)15-9-6-5-7-13(15)2/h5-7,9-10,12H,3-4,8H2,1-2H3,(H,23,25). The summed E-state index contributed by atoms with van der Waals surface area (Å²) in [6, 6.07) is 11.3. The van der Waals surface area contributed by atoms with Crippen LogP contribution in [-0.4, -0.2) is 20.3 Å². The second kappa shape index (κ2) is 7.14. The Morgan fingerprint density at radius 1 is 1.36 bits per heavy atom. The average molecular weight is 333 g/mol. The van der Waals surface area contributed by atoms with E-state index in [1.807, 2.05) is 37.3 Å². The van der Waals surface area contributed by atoms with E-state index in [0.29, 0.717) is 17.0 Å². The van der Waals surface area contributed by atoms with Gasteiger partial charge in [0.15, 0.2) is 11.3 Å². The third kappa shape index (κ3) is 3.36. The van der Waals surface area contributed by atoms with Crippen molar-refractivity contribution in [2.24, 2.45) is 0 Å². The maximum absolute atomic E-state index is 12.7. The number of nitrogens with zero attached hydrogens (tertiary/aromatic N) is 4. The minimum Gasteiger partial charge on any atom is -0.308 e. The number of imidazole rings is 1. The molecule has 25 heavy (non-hydrogen) atoms. The lowest BCUT2D eigenvalue weighted by atomic mass is 10.1. The molecule has 0 atom stereocenters. The van der Waals surface area contributed by atoms with Crippen molar-refractivity contribution in [2.75, 3.05) is 5.32 Å². The molecule has 2 aromatic heterocycles. The second-order valence-corrected chi connectivity index (χ2v) is 5.90. The number of unbranched alkanes of at least 4 members (excludes halogenated alkanes) is 1. The van der Waals surface area contributed by atoms with Crippen LogP contribution >= 0.6 is 0 Å². The largest absolute Gasteiger partial charge is 0.308 e. The third-order valence-electron chi connectivity index (χ3n) is 4.08. The number of amides is 1. The highest BCUT2D eigenvalue weighted by molar-refractivity contribution is 6.05. The Morgan fingerprint density at radius 3 is 2.88 bits per heavy atom. The summed E-state index contributed by atoms with van der Waals surface area (Å²) in [4.78, 5) is 21.3. The molecular formula is C19H19N5O. The fourth-order valence-electron chi connectivity index (χ4n) is 2.69. The summed E-state index contributed by atoms with van der Waals surface area (Å²) < 4.78 is 1.64. The van der Waals surface area contributed by atoms with E-state index in [9.17, 15) is 10.1 Å². The molecule has 1 aromatic carbocycles. The van der Waals surface area contributed by atoms with Crippen molar-refractivity contribution in [2.45, 2.75) is 33.1 Å². The molecule has 0 fully saturated rings. The zero-order valence-electron chi connectivity index (χ0n) is 14.3. The Bertz CT molecular complexity index is 968. The zero-order valence-corrected chi connectivity index (χ0v) is 14.3. The highest BCUT2D eigenvalue weighted by Gasteiger charge is 2.15. The van der Waals surface area contributed by atoms with E-state index >= 15 is 0 Å². The molecule has 0 aliphatic carbocycles. The molecule has 3 aromatic rings. The van der Waals surface area contributed by atoms with Crippen LogP contribution in [0.3, 0.4) is 0 Å². The molecule has 0 unspecified atom stereocenters. The minimum absolute atomic E-state index is 0.195. The Hall–Kier alpha value is -3.20. The van der Waals surface area contributed by atoms with Crippen LogP contribution in [0.5, 0.6) is 0 Å². The normalized spacial score (nSPS) is 10.6. The number of aryl methyl sites for hydroxylation is 2. The first-order valence-electron chi connectivity index (χ1n) is 8.28. The number of nitriles is 1. The fraction of sp³-hybridized carbons (Fsp3) is 0.263. The van der Waals surface area contributed by atoms with Crippen LogP contribution in [0.15, 0.2) is 36.7 Å². The highest BCUT2D eigenvalue weighted by Crippen LogP contribution is 2.19. The van der Waals surface area contributed by atoms with Crippen molar-refractivity contribution in [1.29, 1.82) is 5.26 Å². The third-order valence-corrected chi connectivity index (χ3v) is 4.08. The predicted molar refractivity (Wildman–Crippen MR) is 95.4 cm³/mol. The minimum atomic E-state index is -0.195. The number of rotatable bonds is 5. The number of carbonyl (C=O) groups excluding carboxylic acids is 1. The average Bonchev–Trinajstić information content (AvgIpc) is 3.03.